The molecular formula is C19H21N3O3S2. The third-order valence-corrected chi connectivity index (χ3v) is 5.76. The van der Waals surface area contributed by atoms with Crippen molar-refractivity contribution in [3.8, 4) is 22.1 Å². The molecule has 0 radical (unpaired) electrons. The summed E-state index contributed by atoms with van der Waals surface area (Å²) < 4.78 is 12.9. The van der Waals surface area contributed by atoms with Gasteiger partial charge in [0.15, 0.2) is 16.7 Å². The maximum absolute atomic E-state index is 11.5. The molecule has 0 bridgehead atoms. The zero-order valence-corrected chi connectivity index (χ0v) is 17.1. The number of hydrogen-bond acceptors (Lipinski definition) is 7. The van der Waals surface area contributed by atoms with E-state index in [2.05, 4.69) is 4.98 Å². The number of benzene rings is 1. The Labute approximate surface area is 166 Å². The normalized spacial score (nSPS) is 10.8. The molecule has 0 amide bonds. The van der Waals surface area contributed by atoms with Gasteiger partial charge in [-0.05, 0) is 32.0 Å². The number of hydrogen-bond donors (Lipinski definition) is 0. The average Bonchev–Trinajstić information content (AvgIpc) is 3.16. The number of nitrogens with zero attached hydrogens (tertiary/aromatic N) is 3. The Balaban J connectivity index is 1.75. The highest BCUT2D eigenvalue weighted by Gasteiger charge is 2.11. The van der Waals surface area contributed by atoms with Crippen molar-refractivity contribution in [3.63, 3.8) is 0 Å². The van der Waals surface area contributed by atoms with Crippen molar-refractivity contribution in [1.29, 1.82) is 0 Å². The van der Waals surface area contributed by atoms with Crippen LogP contribution in [-0.4, -0.2) is 28.3 Å². The summed E-state index contributed by atoms with van der Waals surface area (Å²) in [4.78, 5) is 20.3. The second-order valence-electron chi connectivity index (χ2n) is 5.57. The van der Waals surface area contributed by atoms with Gasteiger partial charge in [0.25, 0.3) is 5.56 Å². The molecule has 0 fully saturated rings. The number of aryl methyl sites for hydroxylation is 1. The van der Waals surface area contributed by atoms with Gasteiger partial charge in [0.05, 0.1) is 19.4 Å². The summed E-state index contributed by atoms with van der Waals surface area (Å²) in [6.07, 6.45) is 1.77. The maximum atomic E-state index is 11.5. The Morgan fingerprint density at radius 3 is 2.78 bits per heavy atom. The van der Waals surface area contributed by atoms with Crippen LogP contribution in [0.4, 0.5) is 0 Å². The molecule has 8 heteroatoms. The van der Waals surface area contributed by atoms with Crippen LogP contribution < -0.4 is 15.0 Å². The van der Waals surface area contributed by atoms with Crippen LogP contribution in [0.1, 0.15) is 19.5 Å². The lowest BCUT2D eigenvalue weighted by Gasteiger charge is -2.10. The molecule has 6 nitrogen and oxygen atoms in total. The molecule has 0 aliphatic carbocycles. The monoisotopic (exact) mass is 403 g/mol. The standard InChI is InChI=1S/C19H21N3O3S2/c1-4-22-9-8-17(23)21-19(22)27-12-14-11-26-18(20-14)13-6-7-15(25-5-2)16(10-13)24-3/h6-11H,4-5,12H2,1-3H3. The minimum Gasteiger partial charge on any atom is -0.493 e. The quantitative estimate of drug-likeness (QED) is 0.417. The molecule has 0 N–H and O–H groups in total. The van der Waals surface area contributed by atoms with E-state index in [4.69, 9.17) is 14.5 Å². The summed E-state index contributed by atoms with van der Waals surface area (Å²) in [6, 6.07) is 7.31. The van der Waals surface area contributed by atoms with Crippen molar-refractivity contribution >= 4 is 23.1 Å². The molecule has 0 aliphatic rings. The highest BCUT2D eigenvalue weighted by molar-refractivity contribution is 7.98. The maximum Gasteiger partial charge on any atom is 0.273 e. The van der Waals surface area contributed by atoms with Crippen LogP contribution in [0, 0.1) is 0 Å². The van der Waals surface area contributed by atoms with Crippen molar-refractivity contribution in [2.75, 3.05) is 13.7 Å². The van der Waals surface area contributed by atoms with Crippen LogP contribution in [0.3, 0.4) is 0 Å². The van der Waals surface area contributed by atoms with E-state index in [9.17, 15) is 4.79 Å². The van der Waals surface area contributed by atoms with Crippen LogP contribution in [0.5, 0.6) is 11.5 Å². The lowest BCUT2D eigenvalue weighted by atomic mass is 10.2. The molecular weight excluding hydrogens is 382 g/mol. The molecule has 0 atom stereocenters. The van der Waals surface area contributed by atoms with Gasteiger partial charge >= 0.3 is 0 Å². The van der Waals surface area contributed by atoms with Crippen LogP contribution in [0.2, 0.25) is 0 Å². The first-order chi connectivity index (χ1) is 13.1. The van der Waals surface area contributed by atoms with E-state index in [-0.39, 0.29) is 5.56 Å². The van der Waals surface area contributed by atoms with E-state index in [1.165, 1.54) is 17.8 Å². The zero-order chi connectivity index (χ0) is 19.2. The molecule has 2 aromatic heterocycles. The third kappa shape index (κ3) is 4.70. The van der Waals surface area contributed by atoms with Crippen LogP contribution in [0.15, 0.2) is 45.8 Å². The van der Waals surface area contributed by atoms with Crippen LogP contribution in [0.25, 0.3) is 10.6 Å². The van der Waals surface area contributed by atoms with Gasteiger partial charge in [-0.3, -0.25) is 4.79 Å². The van der Waals surface area contributed by atoms with Crippen molar-refractivity contribution in [2.24, 2.45) is 0 Å². The van der Waals surface area contributed by atoms with Gasteiger partial charge in [-0.2, -0.15) is 4.98 Å². The van der Waals surface area contributed by atoms with E-state index < -0.39 is 0 Å². The van der Waals surface area contributed by atoms with Gasteiger partial charge < -0.3 is 14.0 Å². The number of rotatable bonds is 8. The van der Waals surface area contributed by atoms with Gasteiger partial charge in [0, 0.05) is 35.5 Å². The molecule has 0 saturated carbocycles. The van der Waals surface area contributed by atoms with Gasteiger partial charge in [-0.25, -0.2) is 4.98 Å². The topological polar surface area (TPSA) is 66.2 Å². The summed E-state index contributed by atoms with van der Waals surface area (Å²) in [5.41, 5.74) is 1.72. The fourth-order valence-corrected chi connectivity index (χ4v) is 4.35. The zero-order valence-electron chi connectivity index (χ0n) is 15.5. The van der Waals surface area contributed by atoms with Gasteiger partial charge in [0.2, 0.25) is 0 Å². The molecule has 3 aromatic rings. The first kappa shape index (κ1) is 19.4. The summed E-state index contributed by atoms with van der Waals surface area (Å²) in [7, 11) is 1.63. The Morgan fingerprint density at radius 2 is 2.04 bits per heavy atom. The molecule has 1 aromatic carbocycles. The number of ether oxygens (including phenoxy) is 2. The first-order valence-electron chi connectivity index (χ1n) is 8.60. The largest absolute Gasteiger partial charge is 0.493 e. The predicted molar refractivity (Wildman–Crippen MR) is 109 cm³/mol. The first-order valence-corrected chi connectivity index (χ1v) is 10.5. The minimum atomic E-state index is -0.220. The molecule has 0 aliphatic heterocycles. The van der Waals surface area contributed by atoms with Crippen molar-refractivity contribution in [3.05, 3.63) is 51.9 Å². The number of thioether (sulfide) groups is 1. The average molecular weight is 404 g/mol. The molecule has 27 heavy (non-hydrogen) atoms. The van der Waals surface area contributed by atoms with E-state index in [1.54, 1.807) is 24.6 Å². The molecule has 3 rings (SSSR count). The Morgan fingerprint density at radius 1 is 1.19 bits per heavy atom. The smallest absolute Gasteiger partial charge is 0.273 e. The van der Waals surface area contributed by atoms with E-state index >= 15 is 0 Å². The number of methoxy groups -OCH3 is 1. The van der Waals surface area contributed by atoms with Crippen LogP contribution in [-0.2, 0) is 12.3 Å². The number of aromatic nitrogens is 3. The van der Waals surface area contributed by atoms with E-state index in [1.807, 2.05) is 42.0 Å². The molecule has 0 unspecified atom stereocenters. The molecule has 0 spiro atoms. The SMILES string of the molecule is CCOc1ccc(-c2nc(CSc3nc(=O)ccn3CC)cs2)cc1OC. The van der Waals surface area contributed by atoms with Crippen molar-refractivity contribution < 1.29 is 9.47 Å². The Bertz CT molecular complexity index is 969. The summed E-state index contributed by atoms with van der Waals surface area (Å²) in [5, 5.41) is 3.66. The van der Waals surface area contributed by atoms with Crippen molar-refractivity contribution in [2.45, 2.75) is 31.3 Å². The van der Waals surface area contributed by atoms with Crippen molar-refractivity contribution in [1.82, 2.24) is 14.5 Å². The lowest BCUT2D eigenvalue weighted by molar-refractivity contribution is 0.311. The lowest BCUT2D eigenvalue weighted by Crippen LogP contribution is -2.12. The summed E-state index contributed by atoms with van der Waals surface area (Å²) in [5.74, 6) is 2.07. The predicted octanol–water partition coefficient (Wildman–Crippen LogP) is 4.09. The van der Waals surface area contributed by atoms with Crippen LogP contribution >= 0.6 is 23.1 Å². The molecule has 0 saturated heterocycles. The van der Waals surface area contributed by atoms with Gasteiger partial charge in [0.1, 0.15) is 5.01 Å². The second-order valence-corrected chi connectivity index (χ2v) is 7.37. The minimum absolute atomic E-state index is 0.220. The highest BCUT2D eigenvalue weighted by atomic mass is 32.2. The van der Waals surface area contributed by atoms with E-state index in [0.29, 0.717) is 23.3 Å². The number of thiazole rings is 1. The van der Waals surface area contributed by atoms with Gasteiger partial charge in [-0.15, -0.1) is 11.3 Å². The Kier molecular flexibility index (Phi) is 6.52. The molecule has 142 valence electrons. The van der Waals surface area contributed by atoms with E-state index in [0.717, 1.165) is 28.6 Å². The fourth-order valence-electron chi connectivity index (χ4n) is 2.49. The summed E-state index contributed by atoms with van der Waals surface area (Å²) in [6.45, 7) is 5.32. The fraction of sp³-hybridized carbons (Fsp3) is 0.316. The summed E-state index contributed by atoms with van der Waals surface area (Å²) >= 11 is 3.09. The second kappa shape index (κ2) is 9.05. The third-order valence-electron chi connectivity index (χ3n) is 3.80. The highest BCUT2D eigenvalue weighted by Crippen LogP contribution is 2.34. The van der Waals surface area contributed by atoms with Gasteiger partial charge in [-0.1, -0.05) is 11.8 Å². The molecule has 2 heterocycles. The Hall–Kier alpha value is -2.32.